The van der Waals surface area contributed by atoms with Gasteiger partial charge in [0.1, 0.15) is 17.3 Å². The van der Waals surface area contributed by atoms with Gasteiger partial charge in [-0.15, -0.1) is 5.10 Å². The van der Waals surface area contributed by atoms with E-state index >= 15 is 0 Å². The number of rotatable bonds is 6. The van der Waals surface area contributed by atoms with Crippen molar-refractivity contribution in [1.82, 2.24) is 9.59 Å². The van der Waals surface area contributed by atoms with E-state index in [2.05, 4.69) is 14.9 Å². The zero-order chi connectivity index (χ0) is 15.4. The molecular formula is C12H13FN4O3S. The first-order valence-corrected chi connectivity index (χ1v) is 6.92. The third-order valence-electron chi connectivity index (χ3n) is 2.70. The largest absolute Gasteiger partial charge is 0.484 e. The zero-order valence-electron chi connectivity index (χ0n) is 11.4. The molecule has 0 fully saturated rings. The van der Waals surface area contributed by atoms with Gasteiger partial charge < -0.3 is 10.1 Å². The van der Waals surface area contributed by atoms with Crippen LogP contribution < -0.4 is 10.1 Å². The molecule has 0 bridgehead atoms. The summed E-state index contributed by atoms with van der Waals surface area (Å²) in [6, 6.07) is 2.16. The Hall–Kier alpha value is -2.29. The van der Waals surface area contributed by atoms with Crippen molar-refractivity contribution in [2.24, 2.45) is 0 Å². The van der Waals surface area contributed by atoms with Crippen LogP contribution >= 0.6 is 11.5 Å². The first-order valence-electron chi connectivity index (χ1n) is 6.15. The predicted octanol–water partition coefficient (Wildman–Crippen LogP) is 2.90. The van der Waals surface area contributed by atoms with Gasteiger partial charge in [0.15, 0.2) is 11.6 Å². The average Bonchev–Trinajstić information content (AvgIpc) is 2.87. The standard InChI is InChI=1S/C12H13FN4O3S/c1-3-14-12-9(15-16-21-12)6-20-11-4-7(2)10(17(18)19)5-8(11)13/h4-5,14H,3,6H2,1-2H3. The van der Waals surface area contributed by atoms with E-state index in [4.69, 9.17) is 4.74 Å². The topological polar surface area (TPSA) is 90.2 Å². The van der Waals surface area contributed by atoms with Gasteiger partial charge in [-0.1, -0.05) is 4.49 Å². The Kier molecular flexibility index (Phi) is 4.63. The van der Waals surface area contributed by atoms with Crippen LogP contribution in [0.4, 0.5) is 15.1 Å². The molecule has 1 aromatic carbocycles. The lowest BCUT2D eigenvalue weighted by Gasteiger charge is -2.08. The quantitative estimate of drug-likeness (QED) is 0.651. The maximum atomic E-state index is 13.8. The molecule has 0 radical (unpaired) electrons. The molecule has 0 aliphatic rings. The third kappa shape index (κ3) is 3.43. The Morgan fingerprint density at radius 2 is 2.29 bits per heavy atom. The number of nitrogens with zero attached hydrogens (tertiary/aromatic N) is 3. The molecule has 112 valence electrons. The highest BCUT2D eigenvalue weighted by Gasteiger charge is 2.17. The number of aryl methyl sites for hydroxylation is 1. The molecule has 1 N–H and O–H groups in total. The Morgan fingerprint density at radius 3 is 2.95 bits per heavy atom. The van der Waals surface area contributed by atoms with Crippen molar-refractivity contribution in [1.29, 1.82) is 0 Å². The summed E-state index contributed by atoms with van der Waals surface area (Å²) in [5.41, 5.74) is 0.625. The minimum atomic E-state index is -0.777. The molecular weight excluding hydrogens is 299 g/mol. The number of benzene rings is 1. The van der Waals surface area contributed by atoms with Gasteiger partial charge in [-0.25, -0.2) is 4.39 Å². The maximum Gasteiger partial charge on any atom is 0.275 e. The van der Waals surface area contributed by atoms with Gasteiger partial charge >= 0.3 is 0 Å². The number of aromatic nitrogens is 2. The zero-order valence-corrected chi connectivity index (χ0v) is 12.2. The van der Waals surface area contributed by atoms with Gasteiger partial charge in [-0.05, 0) is 19.9 Å². The highest BCUT2D eigenvalue weighted by Crippen LogP contribution is 2.28. The van der Waals surface area contributed by atoms with Gasteiger partial charge in [0.05, 0.1) is 11.0 Å². The van der Waals surface area contributed by atoms with Crippen LogP contribution in [0.15, 0.2) is 12.1 Å². The van der Waals surface area contributed by atoms with Crippen LogP contribution in [-0.4, -0.2) is 21.1 Å². The molecule has 1 aromatic heterocycles. The lowest BCUT2D eigenvalue weighted by molar-refractivity contribution is -0.385. The molecule has 1 heterocycles. The van der Waals surface area contributed by atoms with Crippen LogP contribution in [0.25, 0.3) is 0 Å². The summed E-state index contributed by atoms with van der Waals surface area (Å²) in [6.45, 7) is 4.21. The van der Waals surface area contributed by atoms with Crippen LogP contribution in [0.5, 0.6) is 5.75 Å². The fourth-order valence-corrected chi connectivity index (χ4v) is 2.33. The molecule has 9 heteroatoms. The summed E-state index contributed by atoms with van der Waals surface area (Å²) >= 11 is 1.19. The van der Waals surface area contributed by atoms with Crippen LogP contribution in [-0.2, 0) is 6.61 Å². The van der Waals surface area contributed by atoms with Crippen LogP contribution in [0.3, 0.4) is 0 Å². The summed E-state index contributed by atoms with van der Waals surface area (Å²) in [5.74, 6) is -0.825. The monoisotopic (exact) mass is 312 g/mol. The lowest BCUT2D eigenvalue weighted by atomic mass is 10.2. The summed E-state index contributed by atoms with van der Waals surface area (Å²) < 4.78 is 22.9. The van der Waals surface area contributed by atoms with Crippen molar-refractivity contribution in [3.05, 3.63) is 39.3 Å². The van der Waals surface area contributed by atoms with Gasteiger partial charge in [-0.3, -0.25) is 10.1 Å². The highest BCUT2D eigenvalue weighted by atomic mass is 32.1. The van der Waals surface area contributed by atoms with E-state index in [1.807, 2.05) is 6.92 Å². The van der Waals surface area contributed by atoms with E-state index in [0.29, 0.717) is 17.8 Å². The van der Waals surface area contributed by atoms with E-state index in [1.54, 1.807) is 0 Å². The normalized spacial score (nSPS) is 10.4. The molecule has 2 rings (SSSR count). The first kappa shape index (κ1) is 15.1. The van der Waals surface area contributed by atoms with Crippen molar-refractivity contribution in [3.8, 4) is 5.75 Å². The SMILES string of the molecule is CCNc1snnc1COc1cc(C)c([N+](=O)[O-])cc1F. The maximum absolute atomic E-state index is 13.8. The molecule has 7 nitrogen and oxygen atoms in total. The molecule has 0 aliphatic heterocycles. The first-order chi connectivity index (χ1) is 10.0. The smallest absolute Gasteiger partial charge is 0.275 e. The number of hydrogen-bond acceptors (Lipinski definition) is 7. The molecule has 0 unspecified atom stereocenters. The van der Waals surface area contributed by atoms with Gasteiger partial charge in [-0.2, -0.15) is 0 Å². The second kappa shape index (κ2) is 6.44. The molecule has 2 aromatic rings. The van der Waals surface area contributed by atoms with Crippen molar-refractivity contribution < 1.29 is 14.1 Å². The lowest BCUT2D eigenvalue weighted by Crippen LogP contribution is -2.04. The molecule has 0 aliphatic carbocycles. The molecule has 21 heavy (non-hydrogen) atoms. The molecule has 0 amide bonds. The second-order valence-electron chi connectivity index (χ2n) is 4.19. The second-order valence-corrected chi connectivity index (χ2v) is 4.95. The van der Waals surface area contributed by atoms with Crippen molar-refractivity contribution in [2.75, 3.05) is 11.9 Å². The summed E-state index contributed by atoms with van der Waals surface area (Å²) in [7, 11) is 0. The molecule has 0 atom stereocenters. The molecule has 0 spiro atoms. The minimum absolute atomic E-state index is 0.0347. The summed E-state index contributed by atoms with van der Waals surface area (Å²) in [5, 5.41) is 18.5. The summed E-state index contributed by atoms with van der Waals surface area (Å²) in [4.78, 5) is 10.1. The van der Waals surface area contributed by atoms with Crippen molar-refractivity contribution in [3.63, 3.8) is 0 Å². The van der Waals surface area contributed by atoms with Crippen LogP contribution in [0.2, 0.25) is 0 Å². The Morgan fingerprint density at radius 1 is 1.52 bits per heavy atom. The van der Waals surface area contributed by atoms with Crippen LogP contribution in [0, 0.1) is 22.9 Å². The number of halogens is 1. The average molecular weight is 312 g/mol. The number of hydrogen-bond donors (Lipinski definition) is 1. The van der Waals surface area contributed by atoms with E-state index in [-0.39, 0.29) is 18.0 Å². The minimum Gasteiger partial charge on any atom is -0.484 e. The fraction of sp³-hybridized carbons (Fsp3) is 0.333. The Labute approximate surface area is 124 Å². The van der Waals surface area contributed by atoms with Gasteiger partial charge in [0.2, 0.25) is 0 Å². The number of nitro benzene ring substituents is 1. The van der Waals surface area contributed by atoms with E-state index in [0.717, 1.165) is 11.1 Å². The molecule has 0 saturated carbocycles. The third-order valence-corrected chi connectivity index (χ3v) is 3.43. The van der Waals surface area contributed by atoms with Crippen molar-refractivity contribution in [2.45, 2.75) is 20.5 Å². The number of ether oxygens (including phenoxy) is 1. The summed E-state index contributed by atoms with van der Waals surface area (Å²) in [6.07, 6.45) is 0. The van der Waals surface area contributed by atoms with E-state index < -0.39 is 10.7 Å². The van der Waals surface area contributed by atoms with Crippen molar-refractivity contribution >= 4 is 22.2 Å². The number of nitrogens with one attached hydrogen (secondary N) is 1. The Balaban J connectivity index is 2.15. The van der Waals surface area contributed by atoms with E-state index in [9.17, 15) is 14.5 Å². The fourth-order valence-electron chi connectivity index (χ4n) is 1.70. The molecule has 0 saturated heterocycles. The van der Waals surface area contributed by atoms with Gasteiger partial charge in [0, 0.05) is 23.6 Å². The van der Waals surface area contributed by atoms with Gasteiger partial charge in [0.25, 0.3) is 5.69 Å². The van der Waals surface area contributed by atoms with E-state index in [1.165, 1.54) is 24.5 Å². The predicted molar refractivity (Wildman–Crippen MR) is 76.2 cm³/mol. The Bertz CT molecular complexity index is 662. The number of anilines is 1. The highest BCUT2D eigenvalue weighted by molar-refractivity contribution is 7.10. The van der Waals surface area contributed by atoms with Crippen LogP contribution in [0.1, 0.15) is 18.2 Å². The number of nitro groups is 1.